The van der Waals surface area contributed by atoms with Gasteiger partial charge in [0.05, 0.1) is 6.42 Å². The van der Waals surface area contributed by atoms with E-state index in [2.05, 4.69) is 0 Å². The van der Waals surface area contributed by atoms with Gasteiger partial charge in [0.25, 0.3) is 0 Å². The van der Waals surface area contributed by atoms with Crippen molar-refractivity contribution in [1.29, 1.82) is 0 Å². The predicted octanol–water partition coefficient (Wildman–Crippen LogP) is 1.14. The SMILES string of the molecule is CC1=C(C)C(=O)CC(N)=C1. The van der Waals surface area contributed by atoms with E-state index in [9.17, 15) is 4.79 Å². The predicted molar refractivity (Wildman–Crippen MR) is 40.3 cm³/mol. The highest BCUT2D eigenvalue weighted by atomic mass is 16.1. The summed E-state index contributed by atoms with van der Waals surface area (Å²) in [6, 6.07) is 0. The maximum absolute atomic E-state index is 11.0. The van der Waals surface area contributed by atoms with Gasteiger partial charge >= 0.3 is 0 Å². The molecule has 54 valence electrons. The summed E-state index contributed by atoms with van der Waals surface area (Å²) >= 11 is 0. The molecule has 0 aliphatic heterocycles. The third-order valence-electron chi connectivity index (χ3n) is 1.78. The number of carbonyl (C=O) groups is 1. The number of hydrogen-bond acceptors (Lipinski definition) is 2. The zero-order valence-corrected chi connectivity index (χ0v) is 6.27. The lowest BCUT2D eigenvalue weighted by molar-refractivity contribution is -0.115. The largest absolute Gasteiger partial charge is 0.402 e. The molecule has 0 fully saturated rings. The fourth-order valence-corrected chi connectivity index (χ4v) is 0.975. The summed E-state index contributed by atoms with van der Waals surface area (Å²) < 4.78 is 0. The van der Waals surface area contributed by atoms with E-state index in [1.54, 1.807) is 0 Å². The number of ketones is 1. The van der Waals surface area contributed by atoms with Crippen molar-refractivity contribution in [1.82, 2.24) is 0 Å². The van der Waals surface area contributed by atoms with Crippen molar-refractivity contribution in [2.24, 2.45) is 5.73 Å². The molecule has 0 aromatic carbocycles. The molecule has 0 aromatic rings. The highest BCUT2D eigenvalue weighted by Gasteiger charge is 2.12. The lowest BCUT2D eigenvalue weighted by Gasteiger charge is -2.10. The Kier molecular flexibility index (Phi) is 1.62. The molecular weight excluding hydrogens is 126 g/mol. The maximum atomic E-state index is 11.0. The Morgan fingerprint density at radius 3 is 2.60 bits per heavy atom. The summed E-state index contributed by atoms with van der Waals surface area (Å²) in [6.45, 7) is 3.74. The van der Waals surface area contributed by atoms with Crippen LogP contribution < -0.4 is 5.73 Å². The van der Waals surface area contributed by atoms with Crippen LogP contribution in [0, 0.1) is 0 Å². The Labute approximate surface area is 60.4 Å². The Morgan fingerprint density at radius 1 is 1.50 bits per heavy atom. The second-order valence-electron chi connectivity index (χ2n) is 2.63. The van der Waals surface area contributed by atoms with Gasteiger partial charge in [-0.05, 0) is 31.1 Å². The number of hydrogen-bond donors (Lipinski definition) is 1. The molecule has 0 amide bonds. The third kappa shape index (κ3) is 1.10. The maximum Gasteiger partial charge on any atom is 0.164 e. The van der Waals surface area contributed by atoms with Crippen molar-refractivity contribution in [2.45, 2.75) is 20.3 Å². The van der Waals surface area contributed by atoms with Crippen molar-refractivity contribution < 1.29 is 4.79 Å². The van der Waals surface area contributed by atoms with E-state index >= 15 is 0 Å². The van der Waals surface area contributed by atoms with Crippen LogP contribution in [0.25, 0.3) is 0 Å². The van der Waals surface area contributed by atoms with Crippen LogP contribution >= 0.6 is 0 Å². The van der Waals surface area contributed by atoms with Gasteiger partial charge in [-0.25, -0.2) is 0 Å². The van der Waals surface area contributed by atoms with Crippen LogP contribution in [0.1, 0.15) is 20.3 Å². The topological polar surface area (TPSA) is 43.1 Å². The Morgan fingerprint density at radius 2 is 2.10 bits per heavy atom. The lowest BCUT2D eigenvalue weighted by atomic mass is 9.97. The molecule has 1 aliphatic carbocycles. The summed E-state index contributed by atoms with van der Waals surface area (Å²) in [5, 5.41) is 0. The van der Waals surface area contributed by atoms with Gasteiger partial charge in [0.1, 0.15) is 0 Å². The van der Waals surface area contributed by atoms with E-state index in [1.807, 2.05) is 19.9 Å². The molecule has 1 rings (SSSR count). The number of carbonyl (C=O) groups excluding carboxylic acids is 1. The van der Waals surface area contributed by atoms with Gasteiger partial charge in [-0.2, -0.15) is 0 Å². The van der Waals surface area contributed by atoms with Crippen LogP contribution in [0.3, 0.4) is 0 Å². The number of rotatable bonds is 0. The molecule has 0 atom stereocenters. The molecule has 10 heavy (non-hydrogen) atoms. The van der Waals surface area contributed by atoms with Gasteiger partial charge in [-0.15, -0.1) is 0 Å². The summed E-state index contributed by atoms with van der Waals surface area (Å²) in [4.78, 5) is 11.0. The number of allylic oxidation sites excluding steroid dienone is 4. The Hall–Kier alpha value is -1.05. The lowest BCUT2D eigenvalue weighted by Crippen LogP contribution is -2.12. The van der Waals surface area contributed by atoms with Crippen molar-refractivity contribution >= 4 is 5.78 Å². The molecule has 0 heterocycles. The van der Waals surface area contributed by atoms with E-state index in [0.29, 0.717) is 12.1 Å². The fourth-order valence-electron chi connectivity index (χ4n) is 0.975. The molecule has 2 N–H and O–H groups in total. The van der Waals surface area contributed by atoms with Crippen LogP contribution in [-0.4, -0.2) is 5.78 Å². The first kappa shape index (κ1) is 7.06. The zero-order valence-electron chi connectivity index (χ0n) is 6.27. The van der Waals surface area contributed by atoms with E-state index in [0.717, 1.165) is 11.1 Å². The van der Waals surface area contributed by atoms with E-state index in [4.69, 9.17) is 5.73 Å². The van der Waals surface area contributed by atoms with Crippen LogP contribution in [0.4, 0.5) is 0 Å². The molecule has 1 aliphatic rings. The van der Waals surface area contributed by atoms with E-state index in [-0.39, 0.29) is 5.78 Å². The third-order valence-corrected chi connectivity index (χ3v) is 1.78. The highest BCUT2D eigenvalue weighted by molar-refractivity contribution is 5.98. The van der Waals surface area contributed by atoms with Crippen molar-refractivity contribution in [2.75, 3.05) is 0 Å². The Bertz CT molecular complexity index is 236. The minimum absolute atomic E-state index is 0.150. The quantitative estimate of drug-likeness (QED) is 0.544. The average molecular weight is 137 g/mol. The van der Waals surface area contributed by atoms with Crippen molar-refractivity contribution in [3.63, 3.8) is 0 Å². The molecule has 0 aromatic heterocycles. The van der Waals surface area contributed by atoms with Crippen LogP contribution in [0.2, 0.25) is 0 Å². The second kappa shape index (κ2) is 2.29. The first-order chi connectivity index (χ1) is 4.61. The highest BCUT2D eigenvalue weighted by Crippen LogP contribution is 2.16. The van der Waals surface area contributed by atoms with Gasteiger partial charge < -0.3 is 5.73 Å². The van der Waals surface area contributed by atoms with Gasteiger partial charge in [0, 0.05) is 5.70 Å². The minimum Gasteiger partial charge on any atom is -0.402 e. The van der Waals surface area contributed by atoms with Gasteiger partial charge in [0.15, 0.2) is 5.78 Å². The van der Waals surface area contributed by atoms with Gasteiger partial charge in [-0.1, -0.05) is 0 Å². The summed E-state index contributed by atoms with van der Waals surface area (Å²) in [5.41, 5.74) is 7.99. The standard InChI is InChI=1S/C8H11NO/c1-5-3-7(9)4-8(10)6(5)2/h3H,4,9H2,1-2H3. The number of nitrogens with two attached hydrogens (primary N) is 1. The molecule has 0 radical (unpaired) electrons. The molecular formula is C8H11NO. The normalized spacial score (nSPS) is 19.4. The van der Waals surface area contributed by atoms with Gasteiger partial charge in [0.2, 0.25) is 0 Å². The summed E-state index contributed by atoms with van der Waals surface area (Å²) in [5.74, 6) is 0.150. The monoisotopic (exact) mass is 137 g/mol. The van der Waals surface area contributed by atoms with E-state index < -0.39 is 0 Å². The molecule has 2 heteroatoms. The van der Waals surface area contributed by atoms with Crippen molar-refractivity contribution in [3.05, 3.63) is 22.9 Å². The summed E-state index contributed by atoms with van der Waals surface area (Å²) in [6.07, 6.45) is 2.25. The minimum atomic E-state index is 0.150. The first-order valence-corrected chi connectivity index (χ1v) is 3.28. The average Bonchev–Trinajstić information content (AvgIpc) is 1.82. The Balaban J connectivity index is 3.03. The van der Waals surface area contributed by atoms with E-state index in [1.165, 1.54) is 0 Å². The zero-order chi connectivity index (χ0) is 7.72. The second-order valence-corrected chi connectivity index (χ2v) is 2.63. The smallest absolute Gasteiger partial charge is 0.164 e. The molecule has 0 bridgehead atoms. The molecule has 0 unspecified atom stereocenters. The van der Waals surface area contributed by atoms with Gasteiger partial charge in [-0.3, -0.25) is 4.79 Å². The van der Waals surface area contributed by atoms with Crippen LogP contribution in [-0.2, 0) is 4.79 Å². The van der Waals surface area contributed by atoms with Crippen LogP contribution in [0.15, 0.2) is 22.9 Å². The molecule has 0 saturated heterocycles. The van der Waals surface area contributed by atoms with Crippen LogP contribution in [0.5, 0.6) is 0 Å². The number of Topliss-reactive ketones (excluding diaryl/α,β-unsaturated/α-hetero) is 1. The molecule has 0 saturated carbocycles. The van der Waals surface area contributed by atoms with Crippen molar-refractivity contribution in [3.8, 4) is 0 Å². The molecule has 2 nitrogen and oxygen atoms in total. The molecule has 0 spiro atoms. The summed E-state index contributed by atoms with van der Waals surface area (Å²) in [7, 11) is 0. The fraction of sp³-hybridized carbons (Fsp3) is 0.375. The first-order valence-electron chi connectivity index (χ1n) is 3.28.